The second kappa shape index (κ2) is 5.90. The first-order valence-corrected chi connectivity index (χ1v) is 8.01. The molecule has 1 nitrogen and oxygen atoms in total. The van der Waals surface area contributed by atoms with Crippen LogP contribution in [-0.4, -0.2) is 4.57 Å². The lowest BCUT2D eigenvalue weighted by molar-refractivity contribution is -0.137. The molecule has 0 aliphatic heterocycles. The molecule has 132 valence electrons. The van der Waals surface area contributed by atoms with Gasteiger partial charge < -0.3 is 4.57 Å². The lowest BCUT2D eigenvalue weighted by Gasteiger charge is -2.20. The Labute approximate surface area is 143 Å². The Morgan fingerprint density at radius 3 is 2.28 bits per heavy atom. The number of fused-ring (bicyclic) bond motifs is 1. The number of hydrogen-bond donors (Lipinski definition) is 0. The molecule has 0 N–H and O–H groups in total. The number of rotatable bonds is 2. The van der Waals surface area contributed by atoms with Crippen molar-refractivity contribution in [3.63, 3.8) is 0 Å². The first-order chi connectivity index (χ1) is 11.5. The highest BCUT2D eigenvalue weighted by Gasteiger charge is 2.34. The zero-order valence-corrected chi connectivity index (χ0v) is 14.3. The molecule has 2 aromatic carbocycles. The van der Waals surface area contributed by atoms with Crippen LogP contribution in [0, 0.1) is 11.2 Å². The molecule has 0 amide bonds. The van der Waals surface area contributed by atoms with Crippen LogP contribution in [0.25, 0.3) is 22.0 Å². The summed E-state index contributed by atoms with van der Waals surface area (Å²) >= 11 is 0. The largest absolute Gasteiger partial charge is 0.417 e. The Bertz CT molecular complexity index is 914. The molecule has 3 aromatic rings. The maximum Gasteiger partial charge on any atom is 0.417 e. The van der Waals surface area contributed by atoms with Gasteiger partial charge >= 0.3 is 6.18 Å². The van der Waals surface area contributed by atoms with E-state index in [0.29, 0.717) is 11.6 Å². The summed E-state index contributed by atoms with van der Waals surface area (Å²) in [5, 5.41) is 0.962. The van der Waals surface area contributed by atoms with Crippen LogP contribution in [0.15, 0.2) is 48.7 Å². The Kier molecular flexibility index (Phi) is 4.13. The molecule has 0 unspecified atom stereocenters. The van der Waals surface area contributed by atoms with Gasteiger partial charge in [0.1, 0.15) is 5.82 Å². The van der Waals surface area contributed by atoms with Crippen LogP contribution in [0.4, 0.5) is 17.6 Å². The quantitative estimate of drug-likeness (QED) is 0.465. The Morgan fingerprint density at radius 1 is 0.920 bits per heavy atom. The molecule has 0 bridgehead atoms. The zero-order valence-electron chi connectivity index (χ0n) is 14.3. The standard InChI is InChI=1S/C20H19F4N/c1-19(2,3)12-25-9-8-13-4-5-14(10-18(13)25)16-7-6-15(21)11-17(16)20(22,23)24/h4-11H,12H2,1-3H3. The molecule has 5 heteroatoms. The summed E-state index contributed by atoms with van der Waals surface area (Å²) in [7, 11) is 0. The molecule has 0 spiro atoms. The fourth-order valence-corrected chi connectivity index (χ4v) is 3.00. The molecule has 0 aliphatic carbocycles. The lowest BCUT2D eigenvalue weighted by Crippen LogP contribution is -2.14. The van der Waals surface area contributed by atoms with E-state index in [4.69, 9.17) is 0 Å². The van der Waals surface area contributed by atoms with E-state index in [-0.39, 0.29) is 11.0 Å². The summed E-state index contributed by atoms with van der Waals surface area (Å²) in [5.74, 6) is -0.895. The van der Waals surface area contributed by atoms with E-state index < -0.39 is 17.6 Å². The van der Waals surface area contributed by atoms with E-state index in [0.717, 1.165) is 23.5 Å². The van der Waals surface area contributed by atoms with Crippen molar-refractivity contribution in [1.29, 1.82) is 0 Å². The van der Waals surface area contributed by atoms with Crippen LogP contribution in [0.5, 0.6) is 0 Å². The molecule has 1 aromatic heterocycles. The van der Waals surface area contributed by atoms with Crippen LogP contribution in [0.2, 0.25) is 0 Å². The van der Waals surface area contributed by atoms with Gasteiger partial charge in [0.05, 0.1) is 5.56 Å². The van der Waals surface area contributed by atoms with Gasteiger partial charge in [-0.3, -0.25) is 0 Å². The van der Waals surface area contributed by atoms with Crippen LogP contribution >= 0.6 is 0 Å². The minimum absolute atomic E-state index is 0.0145. The van der Waals surface area contributed by atoms with Gasteiger partial charge in [-0.2, -0.15) is 13.2 Å². The highest BCUT2D eigenvalue weighted by molar-refractivity contribution is 5.86. The van der Waals surface area contributed by atoms with E-state index >= 15 is 0 Å². The minimum atomic E-state index is -4.61. The van der Waals surface area contributed by atoms with Gasteiger partial charge in [0.25, 0.3) is 0 Å². The van der Waals surface area contributed by atoms with Crippen LogP contribution in [-0.2, 0) is 12.7 Å². The van der Waals surface area contributed by atoms with Gasteiger partial charge in [-0.1, -0.05) is 39.0 Å². The highest BCUT2D eigenvalue weighted by atomic mass is 19.4. The lowest BCUT2D eigenvalue weighted by atomic mass is 9.96. The summed E-state index contributed by atoms with van der Waals surface area (Å²) in [6.07, 6.45) is -2.67. The summed E-state index contributed by atoms with van der Waals surface area (Å²) in [6, 6.07) is 9.93. The summed E-state index contributed by atoms with van der Waals surface area (Å²) < 4.78 is 55.3. The van der Waals surface area contributed by atoms with E-state index in [1.807, 2.05) is 16.8 Å². The highest BCUT2D eigenvalue weighted by Crippen LogP contribution is 2.38. The monoisotopic (exact) mass is 349 g/mol. The van der Waals surface area contributed by atoms with E-state index in [9.17, 15) is 17.6 Å². The second-order valence-electron chi connectivity index (χ2n) is 7.47. The van der Waals surface area contributed by atoms with E-state index in [1.165, 1.54) is 6.07 Å². The van der Waals surface area contributed by atoms with Gasteiger partial charge in [-0.25, -0.2) is 4.39 Å². The predicted octanol–water partition coefficient (Wildman–Crippen LogP) is 6.51. The summed E-state index contributed by atoms with van der Waals surface area (Å²) in [5.41, 5.74) is 0.355. The first-order valence-electron chi connectivity index (χ1n) is 8.01. The number of aromatic nitrogens is 1. The van der Waals surface area contributed by atoms with Crippen molar-refractivity contribution < 1.29 is 17.6 Å². The maximum atomic E-state index is 13.3. The SMILES string of the molecule is CC(C)(C)Cn1ccc2ccc(-c3ccc(F)cc3C(F)(F)F)cc21. The van der Waals surface area contributed by atoms with Gasteiger partial charge in [-0.05, 0) is 46.2 Å². The summed E-state index contributed by atoms with van der Waals surface area (Å²) in [6.45, 7) is 7.05. The maximum absolute atomic E-state index is 13.3. The van der Waals surface area contributed by atoms with Crippen molar-refractivity contribution in [2.45, 2.75) is 33.5 Å². The van der Waals surface area contributed by atoms with Gasteiger partial charge in [0, 0.05) is 18.3 Å². The van der Waals surface area contributed by atoms with Crippen molar-refractivity contribution in [3.8, 4) is 11.1 Å². The number of hydrogen-bond acceptors (Lipinski definition) is 0. The fourth-order valence-electron chi connectivity index (χ4n) is 3.00. The Morgan fingerprint density at radius 2 is 1.64 bits per heavy atom. The molecule has 0 saturated carbocycles. The fraction of sp³-hybridized carbons (Fsp3) is 0.300. The Balaban J connectivity index is 2.16. The molecule has 0 radical (unpaired) electrons. The van der Waals surface area contributed by atoms with Crippen molar-refractivity contribution in [3.05, 3.63) is 60.0 Å². The van der Waals surface area contributed by atoms with E-state index in [2.05, 4.69) is 20.8 Å². The smallest absolute Gasteiger partial charge is 0.347 e. The number of halogens is 4. The molecule has 3 rings (SSSR count). The summed E-state index contributed by atoms with van der Waals surface area (Å²) in [4.78, 5) is 0. The van der Waals surface area contributed by atoms with Crippen LogP contribution in [0.3, 0.4) is 0 Å². The van der Waals surface area contributed by atoms with Crippen molar-refractivity contribution in [1.82, 2.24) is 4.57 Å². The third kappa shape index (κ3) is 3.70. The van der Waals surface area contributed by atoms with Crippen LogP contribution in [0.1, 0.15) is 26.3 Å². The third-order valence-electron chi connectivity index (χ3n) is 4.02. The van der Waals surface area contributed by atoms with Crippen molar-refractivity contribution >= 4 is 10.9 Å². The Hall–Kier alpha value is -2.30. The molecule has 0 aliphatic rings. The molecule has 0 fully saturated rings. The molecule has 1 heterocycles. The molecular formula is C20H19F4N. The second-order valence-corrected chi connectivity index (χ2v) is 7.47. The minimum Gasteiger partial charge on any atom is -0.347 e. The molecular weight excluding hydrogens is 330 g/mol. The topological polar surface area (TPSA) is 4.93 Å². The van der Waals surface area contributed by atoms with Gasteiger partial charge in [-0.15, -0.1) is 0 Å². The third-order valence-corrected chi connectivity index (χ3v) is 4.02. The normalized spacial score (nSPS) is 12.8. The van der Waals surface area contributed by atoms with Gasteiger partial charge in [0.15, 0.2) is 0 Å². The van der Waals surface area contributed by atoms with Gasteiger partial charge in [0.2, 0.25) is 0 Å². The molecule has 25 heavy (non-hydrogen) atoms. The number of alkyl halides is 3. The predicted molar refractivity (Wildman–Crippen MR) is 91.8 cm³/mol. The number of nitrogens with zero attached hydrogens (tertiary/aromatic N) is 1. The van der Waals surface area contributed by atoms with Crippen molar-refractivity contribution in [2.75, 3.05) is 0 Å². The zero-order chi connectivity index (χ0) is 18.4. The average molecular weight is 349 g/mol. The van der Waals surface area contributed by atoms with Crippen molar-refractivity contribution in [2.24, 2.45) is 5.41 Å². The molecule has 0 atom stereocenters. The van der Waals surface area contributed by atoms with Crippen LogP contribution < -0.4 is 0 Å². The number of benzene rings is 2. The average Bonchev–Trinajstić information content (AvgIpc) is 2.87. The first kappa shape index (κ1) is 17.5. The molecule has 0 saturated heterocycles. The van der Waals surface area contributed by atoms with E-state index in [1.54, 1.807) is 18.2 Å².